The van der Waals surface area contributed by atoms with Gasteiger partial charge in [-0.05, 0) is 89.5 Å². The molecule has 5 rings (SSSR count). The number of rotatable bonds is 7. The highest BCUT2D eigenvalue weighted by molar-refractivity contribution is 5.98. The normalized spacial score (nSPS) is 43.3. The summed E-state index contributed by atoms with van der Waals surface area (Å²) in [6, 6.07) is 0. The largest absolute Gasteiger partial charge is 0.449 e. The molecular formula is C38H54O11. The van der Waals surface area contributed by atoms with Crippen LogP contribution in [-0.4, -0.2) is 86.3 Å². The molecule has 0 aromatic carbocycles. The zero-order valence-corrected chi connectivity index (χ0v) is 30.5. The van der Waals surface area contributed by atoms with Crippen LogP contribution in [0.5, 0.6) is 0 Å². The Morgan fingerprint density at radius 1 is 1.04 bits per heavy atom. The molecule has 1 heterocycles. The van der Waals surface area contributed by atoms with Gasteiger partial charge in [0.1, 0.15) is 17.5 Å². The van der Waals surface area contributed by atoms with Crippen molar-refractivity contribution in [3.8, 4) is 0 Å². The van der Waals surface area contributed by atoms with Crippen LogP contribution < -0.4 is 0 Å². The van der Waals surface area contributed by atoms with Crippen molar-refractivity contribution in [2.45, 2.75) is 143 Å². The van der Waals surface area contributed by atoms with Crippen molar-refractivity contribution in [3.63, 3.8) is 0 Å². The fraction of sp³-hybridized carbons (Fsp3) is 0.763. The fourth-order valence-corrected chi connectivity index (χ4v) is 10.6. The molecule has 3 saturated carbocycles. The van der Waals surface area contributed by atoms with Crippen molar-refractivity contribution in [2.75, 3.05) is 0 Å². The number of ether oxygens (including phenoxy) is 3. The number of carbonyl (C=O) groups excluding carboxylic acids is 5. The Balaban J connectivity index is 1.65. The second-order valence-electron chi connectivity index (χ2n) is 17.3. The molecule has 49 heavy (non-hydrogen) atoms. The summed E-state index contributed by atoms with van der Waals surface area (Å²) in [6.07, 6.45) is -0.0746. The van der Waals surface area contributed by atoms with Gasteiger partial charge in [-0.15, -0.1) is 0 Å². The SMILES string of the molecule is CC(=O)OC1C(=O)CC(C)OC1OC1CC2(C)C3CC=C4C(CC(O)C(=O)C4(C)C)C3(C)C(=O)CC2(C)C1C(C)(O)C(=O)C=CC(C)(C)O. The minimum atomic E-state index is -2.11. The molecule has 0 aromatic heterocycles. The molecule has 4 fully saturated rings. The Kier molecular flexibility index (Phi) is 9.23. The molecule has 1 aliphatic heterocycles. The van der Waals surface area contributed by atoms with Gasteiger partial charge in [0, 0.05) is 36.5 Å². The van der Waals surface area contributed by atoms with Gasteiger partial charge >= 0.3 is 5.97 Å². The summed E-state index contributed by atoms with van der Waals surface area (Å²) in [5.41, 5.74) is -6.30. The van der Waals surface area contributed by atoms with E-state index in [4.69, 9.17) is 14.2 Å². The Bertz CT molecular complexity index is 1500. The van der Waals surface area contributed by atoms with E-state index in [2.05, 4.69) is 6.92 Å². The van der Waals surface area contributed by atoms with E-state index in [1.54, 1.807) is 20.8 Å². The van der Waals surface area contributed by atoms with E-state index in [0.29, 0.717) is 6.42 Å². The van der Waals surface area contributed by atoms with Crippen LogP contribution in [0.15, 0.2) is 23.8 Å². The quantitative estimate of drug-likeness (QED) is 0.203. The van der Waals surface area contributed by atoms with Crippen LogP contribution in [0, 0.1) is 39.4 Å². The Morgan fingerprint density at radius 3 is 2.27 bits per heavy atom. The third-order valence-electron chi connectivity index (χ3n) is 13.2. The molecule has 0 amide bonds. The monoisotopic (exact) mass is 686 g/mol. The maximum atomic E-state index is 14.8. The molecule has 12 atom stereocenters. The van der Waals surface area contributed by atoms with Gasteiger partial charge in [-0.25, -0.2) is 0 Å². The minimum Gasteiger partial charge on any atom is -0.449 e. The van der Waals surface area contributed by atoms with Crippen LogP contribution in [-0.2, 0) is 38.2 Å². The van der Waals surface area contributed by atoms with Crippen LogP contribution in [0.2, 0.25) is 0 Å². The van der Waals surface area contributed by atoms with Crippen molar-refractivity contribution >= 4 is 29.1 Å². The summed E-state index contributed by atoms with van der Waals surface area (Å²) in [7, 11) is 0. The second kappa shape index (κ2) is 12.0. The van der Waals surface area contributed by atoms with E-state index < -0.39 is 87.2 Å². The van der Waals surface area contributed by atoms with E-state index >= 15 is 0 Å². The van der Waals surface area contributed by atoms with E-state index in [1.807, 2.05) is 19.9 Å². The maximum absolute atomic E-state index is 14.8. The van der Waals surface area contributed by atoms with Crippen LogP contribution in [0.25, 0.3) is 0 Å². The first-order chi connectivity index (χ1) is 22.3. The number of hydrogen-bond acceptors (Lipinski definition) is 11. The Morgan fingerprint density at radius 2 is 1.67 bits per heavy atom. The molecule has 1 saturated heterocycles. The van der Waals surface area contributed by atoms with E-state index in [0.717, 1.165) is 11.6 Å². The number of aliphatic hydroxyl groups excluding tert-OH is 1. The minimum absolute atomic E-state index is 0.00889. The van der Waals surface area contributed by atoms with Gasteiger partial charge in [-0.3, -0.25) is 24.0 Å². The van der Waals surface area contributed by atoms with Crippen molar-refractivity contribution in [2.24, 2.45) is 39.4 Å². The summed E-state index contributed by atoms with van der Waals surface area (Å²) >= 11 is 0. The molecule has 11 nitrogen and oxygen atoms in total. The van der Waals surface area contributed by atoms with Crippen molar-refractivity contribution in [1.82, 2.24) is 0 Å². The standard InChI is InChI=1S/C38H54O11/c1-19-15-23(40)29(48-20(2)39)32(47-19)49-25-17-35(7)26-12-11-21-22(16-24(41)31(44)34(21,5)6)37(26,9)28(43)18-36(35,8)30(25)38(10,46)27(42)13-14-33(3,4)45/h11,13-14,19,22,24-26,29-30,32,41,45-46H,12,15-18H2,1-10H3. The molecule has 0 spiro atoms. The van der Waals surface area contributed by atoms with Crippen LogP contribution in [0.3, 0.4) is 0 Å². The smallest absolute Gasteiger partial charge is 0.303 e. The summed E-state index contributed by atoms with van der Waals surface area (Å²) < 4.78 is 18.1. The van der Waals surface area contributed by atoms with E-state index in [9.17, 15) is 39.3 Å². The maximum Gasteiger partial charge on any atom is 0.303 e. The first-order valence-corrected chi connectivity index (χ1v) is 17.5. The first-order valence-electron chi connectivity index (χ1n) is 17.5. The Labute approximate surface area is 288 Å². The predicted molar refractivity (Wildman–Crippen MR) is 177 cm³/mol. The van der Waals surface area contributed by atoms with Gasteiger partial charge in [0.2, 0.25) is 12.4 Å². The summed E-state index contributed by atoms with van der Waals surface area (Å²) in [6.45, 7) is 16.8. The topological polar surface area (TPSA) is 174 Å². The molecule has 0 radical (unpaired) electrons. The summed E-state index contributed by atoms with van der Waals surface area (Å²) in [5, 5.41) is 33.6. The van der Waals surface area contributed by atoms with Gasteiger partial charge < -0.3 is 29.5 Å². The molecule has 0 bridgehead atoms. The van der Waals surface area contributed by atoms with Gasteiger partial charge in [0.05, 0.1) is 17.8 Å². The van der Waals surface area contributed by atoms with Gasteiger partial charge in [-0.1, -0.05) is 38.5 Å². The van der Waals surface area contributed by atoms with Crippen molar-refractivity contribution in [1.29, 1.82) is 0 Å². The lowest BCUT2D eigenvalue weighted by Gasteiger charge is -2.64. The third-order valence-corrected chi connectivity index (χ3v) is 13.2. The zero-order valence-electron chi connectivity index (χ0n) is 30.5. The molecule has 0 aromatic rings. The number of carbonyl (C=O) groups is 5. The number of allylic oxidation sites excluding steroid dienone is 2. The average molecular weight is 687 g/mol. The second-order valence-corrected chi connectivity index (χ2v) is 17.3. The number of fused-ring (bicyclic) bond motifs is 5. The van der Waals surface area contributed by atoms with Gasteiger partial charge in [0.15, 0.2) is 17.3 Å². The average Bonchev–Trinajstić information content (AvgIpc) is 3.18. The first kappa shape index (κ1) is 37.7. The van der Waals surface area contributed by atoms with E-state index in [1.165, 1.54) is 33.8 Å². The fourth-order valence-electron chi connectivity index (χ4n) is 10.6. The molecule has 4 aliphatic carbocycles. The Hall–Kier alpha value is -2.57. The zero-order chi connectivity index (χ0) is 36.9. The van der Waals surface area contributed by atoms with Gasteiger partial charge in [-0.2, -0.15) is 0 Å². The number of esters is 1. The van der Waals surface area contributed by atoms with Crippen molar-refractivity contribution < 1.29 is 53.5 Å². The molecule has 12 unspecified atom stereocenters. The number of aliphatic hydroxyl groups is 3. The van der Waals surface area contributed by atoms with Crippen LogP contribution in [0.1, 0.15) is 101 Å². The van der Waals surface area contributed by atoms with Crippen LogP contribution >= 0.6 is 0 Å². The van der Waals surface area contributed by atoms with Crippen LogP contribution in [0.4, 0.5) is 0 Å². The lowest BCUT2D eigenvalue weighted by molar-refractivity contribution is -0.261. The predicted octanol–water partition coefficient (Wildman–Crippen LogP) is 3.59. The summed E-state index contributed by atoms with van der Waals surface area (Å²) in [5.74, 6) is -3.84. The lowest BCUT2D eigenvalue weighted by atomic mass is 9.38. The molecule has 3 N–H and O–H groups in total. The third kappa shape index (κ3) is 5.81. The number of Topliss-reactive ketones (excluding diaryl/α,β-unsaturated/α-hetero) is 3. The highest BCUT2D eigenvalue weighted by atomic mass is 16.7. The number of hydrogen-bond donors (Lipinski definition) is 3. The molecular weight excluding hydrogens is 632 g/mol. The number of ketones is 4. The van der Waals surface area contributed by atoms with E-state index in [-0.39, 0.29) is 49.0 Å². The lowest BCUT2D eigenvalue weighted by Crippen LogP contribution is -2.65. The summed E-state index contributed by atoms with van der Waals surface area (Å²) in [4.78, 5) is 67.0. The highest BCUT2D eigenvalue weighted by Gasteiger charge is 2.75. The van der Waals surface area contributed by atoms with Gasteiger partial charge in [0.25, 0.3) is 0 Å². The molecule has 5 aliphatic rings. The highest BCUT2D eigenvalue weighted by Crippen LogP contribution is 2.74. The van der Waals surface area contributed by atoms with Crippen molar-refractivity contribution in [3.05, 3.63) is 23.8 Å². The molecule has 272 valence electrons. The molecule has 11 heteroatoms.